The fraction of sp³-hybridized carbons (Fsp3) is 0.833. The summed E-state index contributed by atoms with van der Waals surface area (Å²) in [6, 6.07) is 0.238. The van der Waals surface area contributed by atoms with Crippen LogP contribution in [0.1, 0.15) is 6.92 Å². The molecular weight excluding hydrogens is 116 g/mol. The van der Waals surface area contributed by atoms with Gasteiger partial charge in [0.05, 0.1) is 6.04 Å². The summed E-state index contributed by atoms with van der Waals surface area (Å²) in [6.45, 7) is 5.03. The quantitative estimate of drug-likeness (QED) is 0.386. The van der Waals surface area contributed by atoms with Gasteiger partial charge in [-0.1, -0.05) is 6.92 Å². The predicted octanol–water partition coefficient (Wildman–Crippen LogP) is 0.0263. The average Bonchev–Trinajstić information content (AvgIpc) is 1.77. The molecule has 3 nitrogen and oxygen atoms in total. The first kappa shape index (κ1) is 6.46. The zero-order valence-electron chi connectivity index (χ0n) is 5.50. The van der Waals surface area contributed by atoms with Gasteiger partial charge in [-0.15, -0.1) is 0 Å². The molecule has 0 aliphatic carbocycles. The lowest BCUT2D eigenvalue weighted by molar-refractivity contribution is 0.161. The summed E-state index contributed by atoms with van der Waals surface area (Å²) < 4.78 is 0. The molecule has 0 aromatic rings. The van der Waals surface area contributed by atoms with Crippen LogP contribution >= 0.6 is 0 Å². The first-order valence-electron chi connectivity index (χ1n) is 3.16. The molecular formula is C6H10N2O. The molecule has 0 spiro atoms. The van der Waals surface area contributed by atoms with Crippen LogP contribution in [0.2, 0.25) is 0 Å². The van der Waals surface area contributed by atoms with Crippen molar-refractivity contribution >= 4 is 6.08 Å². The minimum Gasteiger partial charge on any atom is -0.299 e. The van der Waals surface area contributed by atoms with Crippen LogP contribution in [0.5, 0.6) is 0 Å². The van der Waals surface area contributed by atoms with Gasteiger partial charge >= 0.3 is 0 Å². The Morgan fingerprint density at radius 2 is 2.44 bits per heavy atom. The Bertz CT molecular complexity index is 134. The molecule has 0 unspecified atom stereocenters. The van der Waals surface area contributed by atoms with Crippen LogP contribution in [-0.4, -0.2) is 36.7 Å². The van der Waals surface area contributed by atoms with E-state index >= 15 is 0 Å². The van der Waals surface area contributed by atoms with E-state index in [1.165, 1.54) is 0 Å². The standard InChI is InChI=1S/C6H10N2O/c1-2-8-3-6(4-8)7-5-9/h6H,2-4H2,1H3. The highest BCUT2D eigenvalue weighted by Gasteiger charge is 2.23. The highest BCUT2D eigenvalue weighted by molar-refractivity contribution is 5.34. The molecule has 0 bridgehead atoms. The van der Waals surface area contributed by atoms with E-state index in [1.807, 2.05) is 0 Å². The molecule has 1 aliphatic rings. The maximum atomic E-state index is 9.69. The number of carbonyl (C=O) groups excluding carboxylic acids is 1. The fourth-order valence-corrected chi connectivity index (χ4v) is 0.957. The van der Waals surface area contributed by atoms with Crippen molar-refractivity contribution in [3.8, 4) is 0 Å². The number of rotatable bonds is 2. The Hall–Kier alpha value is -0.660. The Labute approximate surface area is 54.4 Å². The van der Waals surface area contributed by atoms with Gasteiger partial charge in [-0.25, -0.2) is 4.79 Å². The van der Waals surface area contributed by atoms with E-state index in [9.17, 15) is 4.79 Å². The monoisotopic (exact) mass is 126 g/mol. The molecule has 0 radical (unpaired) electrons. The van der Waals surface area contributed by atoms with Gasteiger partial charge in [0.2, 0.25) is 6.08 Å². The van der Waals surface area contributed by atoms with Crippen molar-refractivity contribution in [1.82, 2.24) is 4.90 Å². The van der Waals surface area contributed by atoms with Crippen LogP contribution in [0.4, 0.5) is 0 Å². The van der Waals surface area contributed by atoms with Gasteiger partial charge in [-0.2, -0.15) is 4.99 Å². The molecule has 1 saturated heterocycles. The summed E-state index contributed by atoms with van der Waals surface area (Å²) in [4.78, 5) is 15.5. The van der Waals surface area contributed by atoms with Gasteiger partial charge in [0.25, 0.3) is 0 Å². The van der Waals surface area contributed by atoms with Crippen LogP contribution in [0.3, 0.4) is 0 Å². The second kappa shape index (κ2) is 2.76. The molecule has 9 heavy (non-hydrogen) atoms. The molecule has 0 aromatic heterocycles. The van der Waals surface area contributed by atoms with Crippen molar-refractivity contribution in [2.45, 2.75) is 13.0 Å². The highest BCUT2D eigenvalue weighted by atomic mass is 16.1. The number of isocyanates is 1. The summed E-state index contributed by atoms with van der Waals surface area (Å²) in [5.74, 6) is 0. The molecule has 0 N–H and O–H groups in total. The summed E-state index contributed by atoms with van der Waals surface area (Å²) in [5, 5.41) is 0. The van der Waals surface area contributed by atoms with Crippen LogP contribution in [0, 0.1) is 0 Å². The topological polar surface area (TPSA) is 32.7 Å². The van der Waals surface area contributed by atoms with E-state index in [2.05, 4.69) is 16.8 Å². The number of nitrogens with zero attached hydrogens (tertiary/aromatic N) is 2. The van der Waals surface area contributed by atoms with Crippen molar-refractivity contribution in [2.75, 3.05) is 19.6 Å². The highest BCUT2D eigenvalue weighted by Crippen LogP contribution is 2.08. The minimum absolute atomic E-state index is 0.238. The van der Waals surface area contributed by atoms with E-state index in [0.29, 0.717) is 0 Å². The zero-order valence-corrected chi connectivity index (χ0v) is 5.50. The third-order valence-corrected chi connectivity index (χ3v) is 1.62. The smallest absolute Gasteiger partial charge is 0.235 e. The molecule has 1 rings (SSSR count). The summed E-state index contributed by atoms with van der Waals surface area (Å²) in [5.41, 5.74) is 0. The summed E-state index contributed by atoms with van der Waals surface area (Å²) in [6.07, 6.45) is 1.56. The van der Waals surface area contributed by atoms with Gasteiger partial charge in [0, 0.05) is 13.1 Å². The van der Waals surface area contributed by atoms with Crippen molar-refractivity contribution in [3.63, 3.8) is 0 Å². The Balaban J connectivity index is 2.19. The number of hydrogen-bond donors (Lipinski definition) is 0. The molecule has 0 atom stereocenters. The lowest BCUT2D eigenvalue weighted by Crippen LogP contribution is -2.49. The molecule has 1 fully saturated rings. The lowest BCUT2D eigenvalue weighted by Gasteiger charge is -2.34. The van der Waals surface area contributed by atoms with Crippen molar-refractivity contribution in [2.24, 2.45) is 4.99 Å². The van der Waals surface area contributed by atoms with Crippen LogP contribution < -0.4 is 0 Å². The third-order valence-electron chi connectivity index (χ3n) is 1.62. The number of likely N-dealkylation sites (tertiary alicyclic amines) is 1. The second-order valence-electron chi connectivity index (χ2n) is 2.23. The van der Waals surface area contributed by atoms with Gasteiger partial charge in [0.1, 0.15) is 0 Å². The lowest BCUT2D eigenvalue weighted by atomic mass is 10.1. The Morgan fingerprint density at radius 1 is 1.78 bits per heavy atom. The van der Waals surface area contributed by atoms with Crippen molar-refractivity contribution < 1.29 is 4.79 Å². The molecule has 1 heterocycles. The molecule has 50 valence electrons. The SMILES string of the molecule is CCN1CC(N=C=O)C1. The molecule has 3 heteroatoms. The first-order valence-corrected chi connectivity index (χ1v) is 3.16. The Kier molecular flexibility index (Phi) is 1.98. The second-order valence-corrected chi connectivity index (χ2v) is 2.23. The average molecular weight is 126 g/mol. The van der Waals surface area contributed by atoms with E-state index in [-0.39, 0.29) is 6.04 Å². The van der Waals surface area contributed by atoms with Gasteiger partial charge in [-0.3, -0.25) is 4.90 Å². The van der Waals surface area contributed by atoms with Gasteiger partial charge < -0.3 is 0 Å². The van der Waals surface area contributed by atoms with Crippen molar-refractivity contribution in [3.05, 3.63) is 0 Å². The molecule has 0 amide bonds. The maximum absolute atomic E-state index is 9.69. The van der Waals surface area contributed by atoms with Crippen LogP contribution in [0.25, 0.3) is 0 Å². The zero-order chi connectivity index (χ0) is 6.69. The molecule has 0 saturated carbocycles. The molecule has 0 aromatic carbocycles. The van der Waals surface area contributed by atoms with Gasteiger partial charge in [0.15, 0.2) is 0 Å². The number of aliphatic imine (C=N–C) groups is 1. The molecule has 1 aliphatic heterocycles. The first-order chi connectivity index (χ1) is 4.36. The largest absolute Gasteiger partial charge is 0.299 e. The van der Waals surface area contributed by atoms with E-state index in [0.717, 1.165) is 19.6 Å². The number of hydrogen-bond acceptors (Lipinski definition) is 3. The summed E-state index contributed by atoms with van der Waals surface area (Å²) >= 11 is 0. The number of likely N-dealkylation sites (N-methyl/N-ethyl adjacent to an activating group) is 1. The third kappa shape index (κ3) is 1.37. The van der Waals surface area contributed by atoms with Gasteiger partial charge in [-0.05, 0) is 6.54 Å². The Morgan fingerprint density at radius 3 is 2.89 bits per heavy atom. The predicted molar refractivity (Wildman–Crippen MR) is 34.0 cm³/mol. The summed E-state index contributed by atoms with van der Waals surface area (Å²) in [7, 11) is 0. The minimum atomic E-state index is 0.238. The van der Waals surface area contributed by atoms with Crippen molar-refractivity contribution in [1.29, 1.82) is 0 Å². The van der Waals surface area contributed by atoms with Crippen LogP contribution in [-0.2, 0) is 4.79 Å². The van der Waals surface area contributed by atoms with E-state index in [1.54, 1.807) is 6.08 Å². The van der Waals surface area contributed by atoms with Crippen LogP contribution in [0.15, 0.2) is 4.99 Å². The fourth-order valence-electron chi connectivity index (χ4n) is 0.957. The van der Waals surface area contributed by atoms with E-state index < -0.39 is 0 Å². The maximum Gasteiger partial charge on any atom is 0.235 e. The van der Waals surface area contributed by atoms with E-state index in [4.69, 9.17) is 0 Å². The normalized spacial score (nSPS) is 20.6.